The molecule has 0 aliphatic carbocycles. The van der Waals surface area contributed by atoms with Crippen LogP contribution in [0.1, 0.15) is 34.1 Å². The molecule has 2 aromatic rings. The summed E-state index contributed by atoms with van der Waals surface area (Å²) in [5, 5.41) is 3.76. The third kappa shape index (κ3) is 4.23. The number of carbonyl (C=O) groups is 1. The molecule has 5 nitrogen and oxygen atoms in total. The fraction of sp³-hybridized carbons (Fsp3) is 0.500. The van der Waals surface area contributed by atoms with Crippen LogP contribution in [0.5, 0.6) is 0 Å². The van der Waals surface area contributed by atoms with Gasteiger partial charge in [-0.25, -0.2) is 9.18 Å². The monoisotopic (exact) mass is 359 g/mol. The van der Waals surface area contributed by atoms with Crippen molar-refractivity contribution >= 4 is 22.7 Å². The van der Waals surface area contributed by atoms with Gasteiger partial charge in [0.1, 0.15) is 16.9 Å². The molecule has 1 saturated heterocycles. The molecule has 1 aromatic carbocycles. The maximum absolute atomic E-state index is 14.1. The lowest BCUT2D eigenvalue weighted by Gasteiger charge is -2.38. The van der Waals surface area contributed by atoms with Crippen LogP contribution in [0.2, 0.25) is 0 Å². The van der Waals surface area contributed by atoms with Crippen molar-refractivity contribution in [3.63, 3.8) is 0 Å². The van der Waals surface area contributed by atoms with Crippen LogP contribution in [-0.4, -0.2) is 35.8 Å². The smallest absolute Gasteiger partial charge is 0.407 e. The molecule has 1 aliphatic rings. The molecule has 1 N–H and O–H groups in total. The third-order valence-corrected chi connectivity index (χ3v) is 4.42. The third-order valence-electron chi connectivity index (χ3n) is 4.42. The fourth-order valence-corrected chi connectivity index (χ4v) is 3.53. The molecule has 26 heavy (non-hydrogen) atoms. The molecule has 2 atom stereocenters. The summed E-state index contributed by atoms with van der Waals surface area (Å²) in [6.45, 7) is 9.20. The Morgan fingerprint density at radius 2 is 2.08 bits per heavy atom. The molecular formula is C20H26FN3O2. The van der Waals surface area contributed by atoms with E-state index in [2.05, 4.69) is 22.1 Å². The van der Waals surface area contributed by atoms with E-state index in [0.717, 1.165) is 24.0 Å². The van der Waals surface area contributed by atoms with Gasteiger partial charge in [0.05, 0.1) is 0 Å². The number of nitrogens with one attached hydrogen (secondary N) is 1. The molecule has 0 bridgehead atoms. The summed E-state index contributed by atoms with van der Waals surface area (Å²) >= 11 is 0. The number of anilines is 1. The zero-order valence-electron chi connectivity index (χ0n) is 15.8. The molecule has 1 aliphatic heterocycles. The van der Waals surface area contributed by atoms with Gasteiger partial charge in [-0.1, -0.05) is 6.92 Å². The second-order valence-electron chi connectivity index (χ2n) is 8.06. The van der Waals surface area contributed by atoms with Gasteiger partial charge in [0.15, 0.2) is 0 Å². The lowest BCUT2D eigenvalue weighted by Crippen LogP contribution is -2.51. The van der Waals surface area contributed by atoms with Crippen LogP contribution in [0.3, 0.4) is 0 Å². The minimum atomic E-state index is -0.525. The van der Waals surface area contributed by atoms with Gasteiger partial charge >= 0.3 is 6.09 Å². The van der Waals surface area contributed by atoms with Crippen molar-refractivity contribution in [2.24, 2.45) is 5.92 Å². The number of alkyl carbamates (subject to hydrolysis) is 1. The van der Waals surface area contributed by atoms with Crippen LogP contribution in [0, 0.1) is 11.7 Å². The number of hydrogen-bond donors (Lipinski definition) is 1. The maximum Gasteiger partial charge on any atom is 0.407 e. The summed E-state index contributed by atoms with van der Waals surface area (Å²) in [5.74, 6) is 0.0679. The first kappa shape index (κ1) is 18.4. The van der Waals surface area contributed by atoms with E-state index in [0.29, 0.717) is 18.0 Å². The Balaban J connectivity index is 1.81. The summed E-state index contributed by atoms with van der Waals surface area (Å²) in [6, 6.07) is 6.93. The van der Waals surface area contributed by atoms with Gasteiger partial charge in [-0.3, -0.25) is 4.98 Å². The summed E-state index contributed by atoms with van der Waals surface area (Å²) < 4.78 is 19.4. The number of halogens is 1. The minimum Gasteiger partial charge on any atom is -0.444 e. The summed E-state index contributed by atoms with van der Waals surface area (Å²) in [5.41, 5.74) is 0.792. The number of fused-ring (bicyclic) bond motifs is 1. The number of hydrogen-bond acceptors (Lipinski definition) is 4. The van der Waals surface area contributed by atoms with Gasteiger partial charge in [-0.15, -0.1) is 0 Å². The van der Waals surface area contributed by atoms with Crippen LogP contribution in [0.4, 0.5) is 14.9 Å². The molecule has 0 unspecified atom stereocenters. The van der Waals surface area contributed by atoms with Crippen LogP contribution in [0.25, 0.3) is 10.9 Å². The molecule has 0 spiro atoms. The molecule has 1 aromatic heterocycles. The highest BCUT2D eigenvalue weighted by molar-refractivity contribution is 5.92. The Bertz CT molecular complexity index is 803. The molecular weight excluding hydrogens is 333 g/mol. The van der Waals surface area contributed by atoms with Gasteiger partial charge in [0.2, 0.25) is 0 Å². The largest absolute Gasteiger partial charge is 0.444 e. The Morgan fingerprint density at radius 3 is 2.81 bits per heavy atom. The quantitative estimate of drug-likeness (QED) is 0.877. The van der Waals surface area contributed by atoms with E-state index < -0.39 is 11.7 Å². The summed E-state index contributed by atoms with van der Waals surface area (Å²) in [7, 11) is 0. The lowest BCUT2D eigenvalue weighted by molar-refractivity contribution is 0.0495. The molecule has 1 fully saturated rings. The van der Waals surface area contributed by atoms with Gasteiger partial charge in [0, 0.05) is 36.4 Å². The minimum absolute atomic E-state index is 0.0228. The SMILES string of the molecule is C[C@H]1C[C@@H](NC(=O)OC(C)(C)C)CN(c2ccc(F)c3ncccc23)C1. The molecule has 0 radical (unpaired) electrons. The Morgan fingerprint density at radius 1 is 1.31 bits per heavy atom. The fourth-order valence-electron chi connectivity index (χ4n) is 3.53. The van der Waals surface area contributed by atoms with E-state index in [1.54, 1.807) is 12.3 Å². The number of nitrogens with zero attached hydrogens (tertiary/aromatic N) is 2. The van der Waals surface area contributed by atoms with Crippen molar-refractivity contribution < 1.29 is 13.9 Å². The predicted octanol–water partition coefficient (Wildman–Crippen LogP) is 4.11. The molecule has 6 heteroatoms. The normalized spacial score (nSPS) is 20.9. The van der Waals surface area contributed by atoms with Crippen LogP contribution >= 0.6 is 0 Å². The van der Waals surface area contributed by atoms with Crippen LogP contribution in [-0.2, 0) is 4.74 Å². The standard InChI is InChI=1S/C20H26FN3O2/c1-13-10-14(23-19(25)26-20(2,3)4)12-24(11-13)17-8-7-16(21)18-15(17)6-5-9-22-18/h5-9,13-14H,10-12H2,1-4H3,(H,23,25)/t13-,14+/m0/s1. The van der Waals surface area contributed by atoms with E-state index in [-0.39, 0.29) is 11.9 Å². The summed E-state index contributed by atoms with van der Waals surface area (Å²) in [6.07, 6.45) is 2.08. The Hall–Kier alpha value is -2.37. The number of ether oxygens (including phenoxy) is 1. The van der Waals surface area contributed by atoms with E-state index in [1.807, 2.05) is 32.9 Å². The van der Waals surface area contributed by atoms with Gasteiger partial charge in [0.25, 0.3) is 0 Å². The van der Waals surface area contributed by atoms with E-state index in [9.17, 15) is 9.18 Å². The predicted molar refractivity (Wildman–Crippen MR) is 101 cm³/mol. The zero-order chi connectivity index (χ0) is 18.9. The van der Waals surface area contributed by atoms with Gasteiger partial charge in [-0.2, -0.15) is 0 Å². The van der Waals surface area contributed by atoms with E-state index in [4.69, 9.17) is 4.74 Å². The molecule has 0 saturated carbocycles. The first-order valence-corrected chi connectivity index (χ1v) is 9.00. The number of rotatable bonds is 2. The van der Waals surface area contributed by atoms with E-state index >= 15 is 0 Å². The highest BCUT2D eigenvalue weighted by atomic mass is 19.1. The Kier molecular flexibility index (Phi) is 5.03. The number of piperidine rings is 1. The first-order valence-electron chi connectivity index (χ1n) is 9.00. The van der Waals surface area contributed by atoms with Crippen molar-refractivity contribution in [2.45, 2.75) is 45.8 Å². The molecule has 2 heterocycles. The van der Waals surface area contributed by atoms with Crippen molar-refractivity contribution in [1.82, 2.24) is 10.3 Å². The topological polar surface area (TPSA) is 54.5 Å². The highest BCUT2D eigenvalue weighted by Gasteiger charge is 2.28. The van der Waals surface area contributed by atoms with Crippen LogP contribution in [0.15, 0.2) is 30.5 Å². The zero-order valence-corrected chi connectivity index (χ0v) is 15.8. The lowest BCUT2D eigenvalue weighted by atomic mass is 9.95. The average Bonchev–Trinajstić information content (AvgIpc) is 2.53. The molecule has 1 amide bonds. The van der Waals surface area contributed by atoms with Gasteiger partial charge < -0.3 is 15.0 Å². The number of aromatic nitrogens is 1. The van der Waals surface area contributed by atoms with Crippen molar-refractivity contribution in [1.29, 1.82) is 0 Å². The van der Waals surface area contributed by atoms with E-state index in [1.165, 1.54) is 6.07 Å². The molecule has 140 valence electrons. The first-order chi connectivity index (χ1) is 12.2. The van der Waals surface area contributed by atoms with Crippen molar-refractivity contribution in [3.8, 4) is 0 Å². The number of amides is 1. The second kappa shape index (κ2) is 7.09. The highest BCUT2D eigenvalue weighted by Crippen LogP contribution is 2.31. The van der Waals surface area contributed by atoms with Crippen LogP contribution < -0.4 is 10.2 Å². The Labute approximate surface area is 153 Å². The number of pyridine rings is 1. The average molecular weight is 359 g/mol. The van der Waals surface area contributed by atoms with Gasteiger partial charge in [-0.05, 0) is 57.4 Å². The summed E-state index contributed by atoms with van der Waals surface area (Å²) in [4.78, 5) is 18.5. The van der Waals surface area contributed by atoms with Crippen molar-refractivity contribution in [3.05, 3.63) is 36.3 Å². The molecule has 3 rings (SSSR count). The number of carbonyl (C=O) groups excluding carboxylic acids is 1. The number of benzene rings is 1. The second-order valence-corrected chi connectivity index (χ2v) is 8.06. The maximum atomic E-state index is 14.1. The van der Waals surface area contributed by atoms with Crippen molar-refractivity contribution in [2.75, 3.05) is 18.0 Å².